The first-order chi connectivity index (χ1) is 10.5. The number of esters is 1. The Labute approximate surface area is 130 Å². The normalized spacial score (nSPS) is 19.4. The van der Waals surface area contributed by atoms with Crippen molar-refractivity contribution in [1.29, 1.82) is 0 Å². The number of rotatable bonds is 4. The van der Waals surface area contributed by atoms with Crippen LogP contribution in [0.5, 0.6) is 0 Å². The van der Waals surface area contributed by atoms with Gasteiger partial charge in [0.05, 0.1) is 7.11 Å². The van der Waals surface area contributed by atoms with Crippen molar-refractivity contribution in [3.05, 3.63) is 28.5 Å². The van der Waals surface area contributed by atoms with Gasteiger partial charge in [-0.15, -0.1) is 11.3 Å². The largest absolute Gasteiger partial charge is 0.465 e. The van der Waals surface area contributed by atoms with Gasteiger partial charge in [0.1, 0.15) is 9.77 Å². The number of aromatic nitrogens is 2. The van der Waals surface area contributed by atoms with Crippen LogP contribution in [0.1, 0.15) is 27.8 Å². The van der Waals surface area contributed by atoms with Gasteiger partial charge in [-0.3, -0.25) is 0 Å². The molecule has 8 nitrogen and oxygen atoms in total. The summed E-state index contributed by atoms with van der Waals surface area (Å²) in [5.74, 6) is -0.257. The van der Waals surface area contributed by atoms with Gasteiger partial charge < -0.3 is 9.26 Å². The molecule has 0 bridgehead atoms. The molecule has 1 fully saturated rings. The highest BCUT2D eigenvalue weighted by atomic mass is 32.2. The van der Waals surface area contributed by atoms with Crippen molar-refractivity contribution in [2.45, 2.75) is 17.2 Å². The number of ether oxygens (including phenoxy) is 1. The van der Waals surface area contributed by atoms with E-state index in [-0.39, 0.29) is 22.2 Å². The first kappa shape index (κ1) is 15.1. The molecule has 1 atom stereocenters. The lowest BCUT2D eigenvalue weighted by molar-refractivity contribution is 0.0602. The number of carbonyl (C=O) groups is 1. The van der Waals surface area contributed by atoms with Gasteiger partial charge in [-0.05, 0) is 17.9 Å². The Morgan fingerprint density at radius 3 is 3.05 bits per heavy atom. The van der Waals surface area contributed by atoms with E-state index in [9.17, 15) is 13.2 Å². The summed E-state index contributed by atoms with van der Waals surface area (Å²) in [6.45, 7) is 0.607. The Bertz CT molecular complexity index is 769. The van der Waals surface area contributed by atoms with E-state index in [1.54, 1.807) is 5.38 Å². The zero-order chi connectivity index (χ0) is 15.7. The number of thiophene rings is 1. The Morgan fingerprint density at radius 2 is 2.36 bits per heavy atom. The summed E-state index contributed by atoms with van der Waals surface area (Å²) in [5.41, 5.74) is 0. The molecule has 22 heavy (non-hydrogen) atoms. The lowest BCUT2D eigenvalue weighted by atomic mass is 10.1. The highest BCUT2D eigenvalue weighted by molar-refractivity contribution is 7.89. The van der Waals surface area contributed by atoms with Crippen molar-refractivity contribution in [3.8, 4) is 0 Å². The van der Waals surface area contributed by atoms with Gasteiger partial charge in [-0.1, -0.05) is 5.16 Å². The van der Waals surface area contributed by atoms with Crippen LogP contribution in [0, 0.1) is 0 Å². The van der Waals surface area contributed by atoms with Gasteiger partial charge >= 0.3 is 5.97 Å². The maximum Gasteiger partial charge on any atom is 0.349 e. The average Bonchev–Trinajstić information content (AvgIpc) is 3.25. The molecule has 0 radical (unpaired) electrons. The van der Waals surface area contributed by atoms with Crippen molar-refractivity contribution in [3.63, 3.8) is 0 Å². The quantitative estimate of drug-likeness (QED) is 0.766. The minimum atomic E-state index is -3.75. The second-order valence-corrected chi connectivity index (χ2v) is 7.57. The minimum Gasteiger partial charge on any atom is -0.465 e. The standard InChI is InChI=1S/C12H13N3O5S2/c1-19-12(16)10-9(3-5-21-10)22(17,18)15-4-2-8(6-15)11-13-7-20-14-11/h3,5,7-8H,2,4,6H2,1H3/t8-/m0/s1. The highest BCUT2D eigenvalue weighted by Gasteiger charge is 2.37. The van der Waals surface area contributed by atoms with Crippen LogP contribution >= 0.6 is 11.3 Å². The maximum atomic E-state index is 12.7. The fourth-order valence-electron chi connectivity index (χ4n) is 2.40. The summed E-state index contributed by atoms with van der Waals surface area (Å²) in [4.78, 5) is 15.7. The van der Waals surface area contributed by atoms with Crippen molar-refractivity contribution in [2.75, 3.05) is 20.2 Å². The number of carbonyl (C=O) groups excluding carboxylic acids is 1. The van der Waals surface area contributed by atoms with Gasteiger partial charge in [0.15, 0.2) is 5.82 Å². The molecular formula is C12H13N3O5S2. The van der Waals surface area contributed by atoms with E-state index < -0.39 is 16.0 Å². The molecule has 1 saturated heterocycles. The predicted molar refractivity (Wildman–Crippen MR) is 76.1 cm³/mol. The maximum absolute atomic E-state index is 12.7. The van der Waals surface area contributed by atoms with Gasteiger partial charge in [-0.2, -0.15) is 9.29 Å². The zero-order valence-corrected chi connectivity index (χ0v) is 13.3. The molecule has 10 heteroatoms. The average molecular weight is 343 g/mol. The second kappa shape index (κ2) is 5.78. The number of methoxy groups -OCH3 is 1. The van der Waals surface area contributed by atoms with Gasteiger partial charge in [0, 0.05) is 19.0 Å². The van der Waals surface area contributed by atoms with Crippen LogP contribution in [0.2, 0.25) is 0 Å². The summed E-state index contributed by atoms with van der Waals surface area (Å²) < 4.78 is 36.1. The fourth-order valence-corrected chi connectivity index (χ4v) is 5.21. The molecule has 0 amide bonds. The summed E-state index contributed by atoms with van der Waals surface area (Å²) in [7, 11) is -2.53. The molecule has 2 aromatic rings. The van der Waals surface area contributed by atoms with E-state index in [0.717, 1.165) is 11.3 Å². The topological polar surface area (TPSA) is 103 Å². The van der Waals surface area contributed by atoms with Crippen molar-refractivity contribution >= 4 is 27.3 Å². The van der Waals surface area contributed by atoms with E-state index in [1.807, 2.05) is 0 Å². The molecule has 3 heterocycles. The van der Waals surface area contributed by atoms with Gasteiger partial charge in [0.25, 0.3) is 0 Å². The number of nitrogens with zero attached hydrogens (tertiary/aromatic N) is 3. The van der Waals surface area contributed by atoms with E-state index in [2.05, 4.69) is 14.9 Å². The summed E-state index contributed by atoms with van der Waals surface area (Å²) >= 11 is 1.05. The summed E-state index contributed by atoms with van der Waals surface area (Å²) in [5, 5.41) is 5.32. The second-order valence-electron chi connectivity index (χ2n) is 4.74. The molecule has 0 saturated carbocycles. The molecule has 0 unspecified atom stereocenters. The van der Waals surface area contributed by atoms with Crippen LogP contribution in [0.3, 0.4) is 0 Å². The van der Waals surface area contributed by atoms with Crippen LogP contribution in [0.4, 0.5) is 0 Å². The number of hydrogen-bond donors (Lipinski definition) is 0. The number of hydrogen-bond acceptors (Lipinski definition) is 8. The molecule has 0 aromatic carbocycles. The molecule has 118 valence electrons. The smallest absolute Gasteiger partial charge is 0.349 e. The van der Waals surface area contributed by atoms with Crippen LogP contribution in [-0.2, 0) is 14.8 Å². The fraction of sp³-hybridized carbons (Fsp3) is 0.417. The Balaban J connectivity index is 1.86. The Hall–Kier alpha value is -1.78. The molecule has 0 N–H and O–H groups in total. The lowest BCUT2D eigenvalue weighted by Gasteiger charge is -2.15. The third-order valence-corrected chi connectivity index (χ3v) is 6.44. The molecule has 1 aliphatic rings. The summed E-state index contributed by atoms with van der Waals surface area (Å²) in [6.07, 6.45) is 1.83. The zero-order valence-electron chi connectivity index (χ0n) is 11.6. The minimum absolute atomic E-state index is 0.0156. The third-order valence-electron chi connectivity index (χ3n) is 3.51. The van der Waals surface area contributed by atoms with Crippen molar-refractivity contribution in [1.82, 2.24) is 14.4 Å². The third kappa shape index (κ3) is 2.53. The molecule has 0 aliphatic carbocycles. The van der Waals surface area contributed by atoms with Crippen LogP contribution < -0.4 is 0 Å². The van der Waals surface area contributed by atoms with Crippen LogP contribution in [0.25, 0.3) is 0 Å². The van der Waals surface area contributed by atoms with E-state index in [4.69, 9.17) is 4.52 Å². The molecule has 2 aromatic heterocycles. The Morgan fingerprint density at radius 1 is 1.55 bits per heavy atom. The van der Waals surface area contributed by atoms with Crippen molar-refractivity contribution < 1.29 is 22.5 Å². The van der Waals surface area contributed by atoms with Crippen LogP contribution in [-0.4, -0.2) is 49.0 Å². The Kier molecular flexibility index (Phi) is 3.98. The molecule has 1 aliphatic heterocycles. The van der Waals surface area contributed by atoms with Gasteiger partial charge in [0.2, 0.25) is 16.4 Å². The SMILES string of the molecule is COC(=O)c1sccc1S(=O)(=O)N1CC[C@H](c2ncon2)C1. The lowest BCUT2D eigenvalue weighted by Crippen LogP contribution is -2.29. The highest BCUT2D eigenvalue weighted by Crippen LogP contribution is 2.32. The first-order valence-corrected chi connectivity index (χ1v) is 8.78. The molecular weight excluding hydrogens is 330 g/mol. The first-order valence-electron chi connectivity index (χ1n) is 6.46. The molecule has 0 spiro atoms. The van der Waals surface area contributed by atoms with E-state index in [0.29, 0.717) is 18.8 Å². The number of sulfonamides is 1. The summed E-state index contributed by atoms with van der Waals surface area (Å²) in [6, 6.07) is 1.42. The van der Waals surface area contributed by atoms with Crippen LogP contribution in [0.15, 0.2) is 27.3 Å². The van der Waals surface area contributed by atoms with E-state index >= 15 is 0 Å². The monoisotopic (exact) mass is 343 g/mol. The van der Waals surface area contributed by atoms with E-state index in [1.165, 1.54) is 23.9 Å². The predicted octanol–water partition coefficient (Wildman–Crippen LogP) is 1.10. The molecule has 3 rings (SSSR count). The van der Waals surface area contributed by atoms with Crippen molar-refractivity contribution in [2.24, 2.45) is 0 Å². The van der Waals surface area contributed by atoms with Gasteiger partial charge in [-0.25, -0.2) is 13.2 Å².